The number of oxime groups is 1. The van der Waals surface area contributed by atoms with Crippen molar-refractivity contribution >= 4 is 40.3 Å². The number of hydrogen-bond acceptors (Lipinski definition) is 14. The third-order valence-electron chi connectivity index (χ3n) is 12.6. The topological polar surface area (TPSA) is 170 Å². The zero-order valence-corrected chi connectivity index (χ0v) is 35.9. The van der Waals surface area contributed by atoms with Crippen LogP contribution in [0.2, 0.25) is 0 Å². The molecule has 4 aliphatic rings. The maximum absolute atomic E-state index is 14.5. The van der Waals surface area contributed by atoms with E-state index in [-0.39, 0.29) is 44.0 Å². The van der Waals surface area contributed by atoms with Crippen molar-refractivity contribution in [1.82, 2.24) is 10.2 Å². The van der Waals surface area contributed by atoms with Gasteiger partial charge in [-0.1, -0.05) is 56.3 Å². The van der Waals surface area contributed by atoms with Gasteiger partial charge in [0.2, 0.25) is 0 Å². The van der Waals surface area contributed by atoms with Crippen LogP contribution in [0, 0.1) is 17.8 Å². The van der Waals surface area contributed by atoms with Gasteiger partial charge in [0.25, 0.3) is 0 Å². The predicted molar refractivity (Wildman–Crippen MR) is 217 cm³/mol. The van der Waals surface area contributed by atoms with Crippen molar-refractivity contribution < 1.29 is 57.2 Å². The third kappa shape index (κ3) is 9.75. The fourth-order valence-corrected chi connectivity index (χ4v) is 9.14. The van der Waals surface area contributed by atoms with Crippen molar-refractivity contribution in [3.63, 3.8) is 0 Å². The summed E-state index contributed by atoms with van der Waals surface area (Å²) in [6.45, 7) is 13.8. The molecule has 6 rings (SSSR count). The lowest BCUT2D eigenvalue weighted by Gasteiger charge is -2.47. The lowest BCUT2D eigenvalue weighted by molar-refractivity contribution is -0.296. The quantitative estimate of drug-likeness (QED) is 0.209. The molecule has 1 N–H and O–H groups in total. The monoisotopic (exact) mass is 823 g/mol. The SMILES string of the molecule is CC[C@H]1OC(=O)[C@H](C)[C@H]2C[C@@H](OC3O[C@H](C)C[C@H](N(C)C)[C@H]3OC(C)=O)[C@](C)(C[C@@H](C)C(=O)[C@H](C)C3NC(=O)OC31C)OC/C(=N/Oc1ccc3ccccc3c1)CO2. The molecule has 13 atom stereocenters. The smallest absolute Gasteiger partial charge is 0.408 e. The summed E-state index contributed by atoms with van der Waals surface area (Å²) in [6.07, 6.45) is -4.32. The van der Waals surface area contributed by atoms with E-state index >= 15 is 0 Å². The normalized spacial score (nSPS) is 38.0. The molecule has 4 heterocycles. The number of carbonyl (C=O) groups is 4. The minimum absolute atomic E-state index is 0.0710. The van der Waals surface area contributed by atoms with E-state index in [0.717, 1.165) is 10.8 Å². The summed E-state index contributed by atoms with van der Waals surface area (Å²) in [5, 5.41) is 9.37. The van der Waals surface area contributed by atoms with Crippen molar-refractivity contribution in [3.8, 4) is 5.75 Å². The van der Waals surface area contributed by atoms with Gasteiger partial charge >= 0.3 is 18.0 Å². The number of hydrogen-bond donors (Lipinski definition) is 1. The summed E-state index contributed by atoms with van der Waals surface area (Å²) in [7, 11) is 3.82. The predicted octanol–water partition coefficient (Wildman–Crippen LogP) is 5.59. The standard InChI is InChI=1S/C44H61N3O12/c1-11-35-44(8)39(45-42(51)58-44)27(5)37(49)24(2)21-43(7)36(57-41-38(55-28(6)48)33(47(9)10)18-25(3)54-41)20-34(26(4)40(50)56-35)52-22-31(23-53-43)46-59-32-17-16-29-14-12-13-15-30(29)19-32/h12-17,19,24-27,33-36,38-39,41H,11,18,20-23H2,1-10H3,(H,45,51)/b46-31+/t24-,25-,26-,27+,33+,34-,35-,36-,38-,39?,41?,43+,44?/m1/s1. The first kappa shape index (κ1) is 44.4. The minimum atomic E-state index is -1.33. The second-order valence-electron chi connectivity index (χ2n) is 17.3. The van der Waals surface area contributed by atoms with Crippen molar-refractivity contribution in [2.75, 3.05) is 27.3 Å². The average molecular weight is 824 g/mol. The molecule has 0 radical (unpaired) electrons. The van der Waals surface area contributed by atoms with Crippen LogP contribution in [-0.4, -0.2) is 122 Å². The second kappa shape index (κ2) is 18.2. The Kier molecular flexibility index (Phi) is 13.7. The maximum Gasteiger partial charge on any atom is 0.408 e. The molecule has 324 valence electrons. The van der Waals surface area contributed by atoms with Crippen LogP contribution in [0.25, 0.3) is 10.8 Å². The highest BCUT2D eigenvalue weighted by atomic mass is 16.7. The van der Waals surface area contributed by atoms with E-state index in [1.54, 1.807) is 20.8 Å². The molecular weight excluding hydrogens is 762 g/mol. The molecular formula is C44H61N3O12. The number of ketones is 1. The lowest BCUT2D eigenvalue weighted by Crippen LogP contribution is -2.59. The Morgan fingerprint density at radius 3 is 2.41 bits per heavy atom. The van der Waals surface area contributed by atoms with Crippen LogP contribution in [0.1, 0.15) is 81.1 Å². The summed E-state index contributed by atoms with van der Waals surface area (Å²) in [4.78, 5) is 62.1. The molecule has 1 amide bonds. The number of nitrogens with one attached hydrogen (secondary N) is 1. The number of amides is 1. The summed E-state index contributed by atoms with van der Waals surface area (Å²) in [5.41, 5.74) is -2.20. The molecule has 4 aliphatic heterocycles. The first-order valence-electron chi connectivity index (χ1n) is 20.8. The highest BCUT2D eigenvalue weighted by molar-refractivity contribution is 5.87. The molecule has 2 bridgehead atoms. The molecule has 2 aromatic rings. The molecule has 3 unspecified atom stereocenters. The van der Waals surface area contributed by atoms with Gasteiger partial charge in [0.1, 0.15) is 17.6 Å². The van der Waals surface area contributed by atoms with Crippen LogP contribution < -0.4 is 10.2 Å². The van der Waals surface area contributed by atoms with Gasteiger partial charge in [-0.3, -0.25) is 14.4 Å². The minimum Gasteiger partial charge on any atom is -0.458 e. The van der Waals surface area contributed by atoms with E-state index in [0.29, 0.717) is 24.3 Å². The number of alkyl carbamates (subject to hydrolysis) is 1. The number of Topliss-reactive ketones (excluding diaryl/α,β-unsaturated/α-hetero) is 1. The maximum atomic E-state index is 14.5. The molecule has 4 saturated heterocycles. The number of esters is 2. The molecule has 59 heavy (non-hydrogen) atoms. The Morgan fingerprint density at radius 2 is 1.71 bits per heavy atom. The first-order chi connectivity index (χ1) is 27.9. The average Bonchev–Trinajstić information content (AvgIpc) is 3.53. The van der Waals surface area contributed by atoms with E-state index in [1.165, 1.54) is 6.92 Å². The fraction of sp³-hybridized carbons (Fsp3) is 0.659. The van der Waals surface area contributed by atoms with Crippen LogP contribution in [-0.2, 0) is 47.5 Å². The Bertz CT molecular complexity index is 1890. The van der Waals surface area contributed by atoms with Gasteiger partial charge in [0.15, 0.2) is 23.7 Å². The summed E-state index contributed by atoms with van der Waals surface area (Å²) in [6, 6.07) is 12.5. The van der Waals surface area contributed by atoms with Gasteiger partial charge in [-0.05, 0) is 84.0 Å². The summed E-state index contributed by atoms with van der Waals surface area (Å²) in [5.74, 6) is -2.98. The number of rotatable bonds is 7. The zero-order valence-electron chi connectivity index (χ0n) is 35.9. The van der Waals surface area contributed by atoms with Crippen LogP contribution in [0.3, 0.4) is 0 Å². The Morgan fingerprint density at radius 1 is 0.983 bits per heavy atom. The Hall–Kier alpha value is -4.15. The van der Waals surface area contributed by atoms with Crippen molar-refractivity contribution in [1.29, 1.82) is 0 Å². The van der Waals surface area contributed by atoms with Crippen molar-refractivity contribution in [2.24, 2.45) is 22.9 Å². The molecule has 4 fully saturated rings. The van der Waals surface area contributed by atoms with Crippen LogP contribution >= 0.6 is 0 Å². The highest BCUT2D eigenvalue weighted by Gasteiger charge is 2.57. The van der Waals surface area contributed by atoms with E-state index < -0.39 is 83.7 Å². The van der Waals surface area contributed by atoms with Gasteiger partial charge in [-0.15, -0.1) is 0 Å². The van der Waals surface area contributed by atoms with Gasteiger partial charge in [-0.25, -0.2) is 4.79 Å². The Labute approximate surface area is 346 Å². The summed E-state index contributed by atoms with van der Waals surface area (Å²) >= 11 is 0. The number of benzene rings is 2. The van der Waals surface area contributed by atoms with Gasteiger partial charge in [-0.2, -0.15) is 0 Å². The summed E-state index contributed by atoms with van der Waals surface area (Å²) < 4.78 is 44.8. The molecule has 0 saturated carbocycles. The number of cyclic esters (lactones) is 1. The van der Waals surface area contributed by atoms with Crippen LogP contribution in [0.15, 0.2) is 47.6 Å². The Balaban J connectivity index is 1.43. The van der Waals surface area contributed by atoms with E-state index in [2.05, 4.69) is 10.5 Å². The van der Waals surface area contributed by atoms with Crippen molar-refractivity contribution in [2.45, 2.75) is 141 Å². The lowest BCUT2D eigenvalue weighted by atomic mass is 9.75. The van der Waals surface area contributed by atoms with Gasteiger partial charge in [0.05, 0.1) is 55.1 Å². The van der Waals surface area contributed by atoms with E-state index in [9.17, 15) is 19.2 Å². The molecule has 2 aromatic carbocycles. The second-order valence-corrected chi connectivity index (χ2v) is 17.3. The number of nitrogens with zero attached hydrogens (tertiary/aromatic N) is 2. The zero-order chi connectivity index (χ0) is 42.8. The number of ether oxygens (including phenoxy) is 7. The van der Waals surface area contributed by atoms with Gasteiger partial charge in [0, 0.05) is 25.2 Å². The van der Waals surface area contributed by atoms with Crippen LogP contribution in [0.5, 0.6) is 5.75 Å². The van der Waals surface area contributed by atoms with E-state index in [4.69, 9.17) is 38.0 Å². The molecule has 0 aliphatic carbocycles. The highest BCUT2D eigenvalue weighted by Crippen LogP contribution is 2.41. The third-order valence-corrected chi connectivity index (χ3v) is 12.6. The van der Waals surface area contributed by atoms with Gasteiger partial charge < -0.3 is 48.2 Å². The van der Waals surface area contributed by atoms with Crippen molar-refractivity contribution in [3.05, 3.63) is 42.5 Å². The molecule has 15 nitrogen and oxygen atoms in total. The largest absolute Gasteiger partial charge is 0.458 e. The number of likely N-dealkylation sites (N-methyl/N-ethyl adjacent to an activating group) is 1. The first-order valence-corrected chi connectivity index (χ1v) is 20.8. The molecule has 15 heteroatoms. The molecule has 0 spiro atoms. The fourth-order valence-electron chi connectivity index (χ4n) is 9.14. The molecule has 0 aromatic heterocycles. The number of fused-ring (bicyclic) bond motifs is 5. The van der Waals surface area contributed by atoms with E-state index in [1.807, 2.05) is 89.2 Å². The van der Waals surface area contributed by atoms with Crippen LogP contribution in [0.4, 0.5) is 4.79 Å². The number of carbonyl (C=O) groups excluding carboxylic acids is 4.